The Morgan fingerprint density at radius 3 is 2.89 bits per heavy atom. The number of para-hydroxylation sites is 1. The number of hydrogen-bond acceptors (Lipinski definition) is 5. The topological polar surface area (TPSA) is 77.0 Å². The van der Waals surface area contributed by atoms with Gasteiger partial charge in [-0.2, -0.15) is 0 Å². The van der Waals surface area contributed by atoms with Gasteiger partial charge in [0.25, 0.3) is 5.56 Å². The van der Waals surface area contributed by atoms with Crippen molar-refractivity contribution in [1.29, 1.82) is 0 Å². The van der Waals surface area contributed by atoms with Gasteiger partial charge >= 0.3 is 0 Å². The van der Waals surface area contributed by atoms with Crippen molar-refractivity contribution in [2.24, 2.45) is 0 Å². The van der Waals surface area contributed by atoms with E-state index < -0.39 is 0 Å². The van der Waals surface area contributed by atoms with Crippen LogP contribution >= 0.6 is 11.8 Å². The van der Waals surface area contributed by atoms with Crippen molar-refractivity contribution in [2.45, 2.75) is 44.5 Å². The molecule has 0 aliphatic carbocycles. The lowest BCUT2D eigenvalue weighted by molar-refractivity contribution is 0.0937. The van der Waals surface area contributed by atoms with Crippen LogP contribution in [0.1, 0.15) is 34.6 Å². The summed E-state index contributed by atoms with van der Waals surface area (Å²) in [6.45, 7) is 5.02. The lowest BCUT2D eigenvalue weighted by Gasteiger charge is -2.16. The van der Waals surface area contributed by atoms with Gasteiger partial charge in [-0.25, -0.2) is 4.98 Å². The second-order valence-corrected chi connectivity index (χ2v) is 8.11. The van der Waals surface area contributed by atoms with Gasteiger partial charge in [0.15, 0.2) is 10.9 Å². The number of ether oxygens (including phenoxy) is 1. The summed E-state index contributed by atoms with van der Waals surface area (Å²) in [5.41, 5.74) is 3.10. The highest BCUT2D eigenvalue weighted by molar-refractivity contribution is 7.99. The number of aromatic nitrogens is 3. The SMILES string of the molecule is Cc1cc(C(=O)CSc2nc3ccccc3c(=O)n2CC2CCCO2)c(C)[nH]1. The predicted octanol–water partition coefficient (Wildman–Crippen LogP) is 3.50. The van der Waals surface area contributed by atoms with Gasteiger partial charge in [-0.3, -0.25) is 14.2 Å². The monoisotopic (exact) mass is 397 g/mol. The van der Waals surface area contributed by atoms with Crippen LogP contribution in [0.25, 0.3) is 10.9 Å². The number of H-pyrrole nitrogens is 1. The van der Waals surface area contributed by atoms with Crippen LogP contribution in [0.4, 0.5) is 0 Å². The van der Waals surface area contributed by atoms with Gasteiger partial charge in [0.1, 0.15) is 0 Å². The fourth-order valence-electron chi connectivity index (χ4n) is 3.63. The van der Waals surface area contributed by atoms with E-state index in [1.165, 1.54) is 11.8 Å². The van der Waals surface area contributed by atoms with Gasteiger partial charge in [-0.1, -0.05) is 23.9 Å². The lowest BCUT2D eigenvalue weighted by Crippen LogP contribution is -2.29. The first-order chi connectivity index (χ1) is 13.5. The predicted molar refractivity (Wildman–Crippen MR) is 110 cm³/mol. The number of carbonyl (C=O) groups excluding carboxylic acids is 1. The number of ketones is 1. The fourth-order valence-corrected chi connectivity index (χ4v) is 4.52. The summed E-state index contributed by atoms with van der Waals surface area (Å²) in [6.07, 6.45) is 1.96. The molecule has 1 unspecified atom stereocenters. The lowest BCUT2D eigenvalue weighted by atomic mass is 10.2. The first-order valence-electron chi connectivity index (χ1n) is 9.46. The molecule has 146 valence electrons. The smallest absolute Gasteiger partial charge is 0.262 e. The number of benzene rings is 1. The summed E-state index contributed by atoms with van der Waals surface area (Å²) < 4.78 is 7.40. The molecule has 1 N–H and O–H groups in total. The molecule has 0 saturated carbocycles. The van der Waals surface area contributed by atoms with Gasteiger partial charge in [0, 0.05) is 23.6 Å². The minimum atomic E-state index is -0.0790. The molecular formula is C21H23N3O3S. The number of Topliss-reactive ketones (excluding diaryl/α,β-unsaturated/α-hetero) is 1. The van der Waals surface area contributed by atoms with Crippen LogP contribution < -0.4 is 5.56 Å². The molecular weight excluding hydrogens is 374 g/mol. The quantitative estimate of drug-likeness (QED) is 0.391. The Bertz CT molecular complexity index is 1080. The molecule has 2 aromatic heterocycles. The van der Waals surface area contributed by atoms with Gasteiger partial charge in [-0.15, -0.1) is 0 Å². The second kappa shape index (κ2) is 7.93. The van der Waals surface area contributed by atoms with Crippen molar-refractivity contribution >= 4 is 28.4 Å². The third-order valence-corrected chi connectivity index (χ3v) is 6.00. The normalized spacial score (nSPS) is 16.7. The Balaban J connectivity index is 1.65. The van der Waals surface area contributed by atoms with E-state index in [0.29, 0.717) is 28.2 Å². The van der Waals surface area contributed by atoms with E-state index in [1.54, 1.807) is 10.6 Å². The van der Waals surface area contributed by atoms with Crippen LogP contribution in [0.3, 0.4) is 0 Å². The van der Waals surface area contributed by atoms with Crippen LogP contribution in [0.5, 0.6) is 0 Å². The third kappa shape index (κ3) is 3.77. The number of hydrogen-bond donors (Lipinski definition) is 1. The van der Waals surface area contributed by atoms with Crippen molar-refractivity contribution in [3.8, 4) is 0 Å². The summed E-state index contributed by atoms with van der Waals surface area (Å²) >= 11 is 1.31. The van der Waals surface area contributed by atoms with E-state index in [0.717, 1.165) is 30.8 Å². The van der Waals surface area contributed by atoms with E-state index in [-0.39, 0.29) is 23.2 Å². The Kier molecular flexibility index (Phi) is 5.37. The zero-order valence-corrected chi connectivity index (χ0v) is 16.8. The molecule has 1 fully saturated rings. The zero-order valence-electron chi connectivity index (χ0n) is 16.0. The summed E-state index contributed by atoms with van der Waals surface area (Å²) in [6, 6.07) is 9.20. The first-order valence-corrected chi connectivity index (χ1v) is 10.4. The standard InChI is InChI=1S/C21H23N3O3S/c1-13-10-17(14(2)22-13)19(25)12-28-21-23-18-8-4-3-7-16(18)20(26)24(21)11-15-6-5-9-27-15/h3-4,7-8,10,15,22H,5-6,9,11-12H2,1-2H3. The van der Waals surface area contributed by atoms with Crippen molar-refractivity contribution in [2.75, 3.05) is 12.4 Å². The minimum Gasteiger partial charge on any atom is -0.376 e. The molecule has 1 atom stereocenters. The average molecular weight is 398 g/mol. The molecule has 0 radical (unpaired) electrons. The van der Waals surface area contributed by atoms with E-state index in [4.69, 9.17) is 4.74 Å². The van der Waals surface area contributed by atoms with Crippen molar-refractivity contribution in [3.05, 3.63) is 57.6 Å². The van der Waals surface area contributed by atoms with Gasteiger partial charge in [0.2, 0.25) is 0 Å². The number of rotatable bonds is 6. The Labute approximate surface area is 167 Å². The molecule has 1 aliphatic rings. The number of thioether (sulfide) groups is 1. The molecule has 6 nitrogen and oxygen atoms in total. The van der Waals surface area contributed by atoms with E-state index in [9.17, 15) is 9.59 Å². The molecule has 0 amide bonds. The molecule has 4 rings (SSSR count). The molecule has 7 heteroatoms. The molecule has 3 heterocycles. The Hall–Kier alpha value is -2.38. The van der Waals surface area contributed by atoms with Gasteiger partial charge < -0.3 is 9.72 Å². The van der Waals surface area contributed by atoms with E-state index >= 15 is 0 Å². The number of nitrogens with zero attached hydrogens (tertiary/aromatic N) is 2. The largest absolute Gasteiger partial charge is 0.376 e. The molecule has 0 bridgehead atoms. The van der Waals surface area contributed by atoms with Gasteiger partial charge in [-0.05, 0) is 44.9 Å². The van der Waals surface area contributed by atoms with Crippen LogP contribution in [0.2, 0.25) is 0 Å². The first kappa shape index (κ1) is 19.0. The van der Waals surface area contributed by atoms with Crippen LogP contribution in [0.15, 0.2) is 40.3 Å². The van der Waals surface area contributed by atoms with E-state index in [2.05, 4.69) is 9.97 Å². The molecule has 0 spiro atoms. The number of fused-ring (bicyclic) bond motifs is 1. The molecule has 1 saturated heterocycles. The molecule has 1 aliphatic heterocycles. The summed E-state index contributed by atoms with van der Waals surface area (Å²) in [5, 5.41) is 1.16. The number of nitrogens with one attached hydrogen (secondary N) is 1. The number of aromatic amines is 1. The maximum atomic E-state index is 13.1. The number of carbonyl (C=O) groups is 1. The Morgan fingerprint density at radius 1 is 1.36 bits per heavy atom. The van der Waals surface area contributed by atoms with Crippen molar-refractivity contribution in [1.82, 2.24) is 14.5 Å². The van der Waals surface area contributed by atoms with Gasteiger partial charge in [0.05, 0.1) is 29.3 Å². The maximum absolute atomic E-state index is 13.1. The van der Waals surface area contributed by atoms with Crippen molar-refractivity contribution < 1.29 is 9.53 Å². The van der Waals surface area contributed by atoms with Crippen LogP contribution in [-0.2, 0) is 11.3 Å². The van der Waals surface area contributed by atoms with Crippen LogP contribution in [-0.4, -0.2) is 38.8 Å². The highest BCUT2D eigenvalue weighted by atomic mass is 32.2. The molecule has 28 heavy (non-hydrogen) atoms. The maximum Gasteiger partial charge on any atom is 0.262 e. The second-order valence-electron chi connectivity index (χ2n) is 7.17. The summed E-state index contributed by atoms with van der Waals surface area (Å²) in [4.78, 5) is 33.6. The Morgan fingerprint density at radius 2 is 2.18 bits per heavy atom. The number of aryl methyl sites for hydroxylation is 2. The third-order valence-electron chi connectivity index (χ3n) is 5.02. The van der Waals surface area contributed by atoms with Crippen LogP contribution in [0, 0.1) is 13.8 Å². The zero-order chi connectivity index (χ0) is 19.7. The summed E-state index contributed by atoms with van der Waals surface area (Å²) in [7, 11) is 0. The summed E-state index contributed by atoms with van der Waals surface area (Å²) in [5.74, 6) is 0.256. The fraction of sp³-hybridized carbons (Fsp3) is 0.381. The van der Waals surface area contributed by atoms with Crippen molar-refractivity contribution in [3.63, 3.8) is 0 Å². The highest BCUT2D eigenvalue weighted by Crippen LogP contribution is 2.22. The minimum absolute atomic E-state index is 0.0188. The molecule has 3 aromatic rings. The average Bonchev–Trinajstić information content (AvgIpc) is 3.31. The molecule has 1 aromatic carbocycles. The van der Waals surface area contributed by atoms with E-state index in [1.807, 2.05) is 38.1 Å². The highest BCUT2D eigenvalue weighted by Gasteiger charge is 2.21.